The zero-order valence-electron chi connectivity index (χ0n) is 13.0. The topological polar surface area (TPSA) is 121 Å². The molecule has 0 amide bonds. The van der Waals surface area contributed by atoms with Crippen LogP contribution in [0.15, 0.2) is 12.1 Å². The van der Waals surface area contributed by atoms with Crippen molar-refractivity contribution in [3.63, 3.8) is 0 Å². The zero-order chi connectivity index (χ0) is 19.3. The lowest BCUT2D eigenvalue weighted by Gasteiger charge is -2.29. The molecule has 0 aliphatic rings. The van der Waals surface area contributed by atoms with Crippen molar-refractivity contribution in [1.82, 2.24) is 0 Å². The Kier molecular flexibility index (Phi) is 5.01. The van der Waals surface area contributed by atoms with E-state index in [1.165, 1.54) is 13.8 Å². The van der Waals surface area contributed by atoms with Gasteiger partial charge in [0.1, 0.15) is 0 Å². The van der Waals surface area contributed by atoms with E-state index in [0.29, 0.717) is 0 Å². The van der Waals surface area contributed by atoms with E-state index in [0.717, 1.165) is 12.1 Å². The number of benzene rings is 2. The Morgan fingerprint density at radius 1 is 0.680 bits per heavy atom. The molecule has 0 bridgehead atoms. The van der Waals surface area contributed by atoms with Gasteiger partial charge in [-0.05, 0) is 48.2 Å². The average Bonchev–Trinajstić information content (AvgIpc) is 2.52. The van der Waals surface area contributed by atoms with Gasteiger partial charge < -0.3 is 30.6 Å². The number of phenolic OH excluding ortho intramolecular Hbond substituents is 6. The molecular weight excluding hydrogens is 395 g/mol. The minimum atomic E-state index is -2.03. The standard InChI is InChI=1S/C16H15Cl3O6/c1-5-7(3-9(20)14(24)12(5)22)11(16(17,18)19)8-4-10(21)15(25)13(23)6(8)2/h3-4,11,20-25H,1-2H3. The van der Waals surface area contributed by atoms with Crippen molar-refractivity contribution in [1.29, 1.82) is 0 Å². The molecule has 2 aromatic rings. The molecule has 0 saturated heterocycles. The number of aromatic hydroxyl groups is 6. The molecule has 6 nitrogen and oxygen atoms in total. The second-order valence-electron chi connectivity index (χ2n) is 5.59. The minimum absolute atomic E-state index is 0.123. The third kappa shape index (κ3) is 3.29. The van der Waals surface area contributed by atoms with Crippen molar-refractivity contribution in [3.05, 3.63) is 34.4 Å². The van der Waals surface area contributed by atoms with Crippen LogP contribution >= 0.6 is 34.8 Å². The van der Waals surface area contributed by atoms with Crippen molar-refractivity contribution >= 4 is 34.8 Å². The van der Waals surface area contributed by atoms with Crippen molar-refractivity contribution in [3.8, 4) is 34.5 Å². The predicted molar refractivity (Wildman–Crippen MR) is 94.5 cm³/mol. The molecular formula is C16H15Cl3O6. The van der Waals surface area contributed by atoms with Gasteiger partial charge in [-0.2, -0.15) is 0 Å². The van der Waals surface area contributed by atoms with Gasteiger partial charge in [0.2, 0.25) is 15.3 Å². The van der Waals surface area contributed by atoms with Crippen LogP contribution in [0.1, 0.15) is 28.2 Å². The predicted octanol–water partition coefficient (Wildman–Crippen LogP) is 4.04. The lowest BCUT2D eigenvalue weighted by atomic mass is 9.85. The zero-order valence-corrected chi connectivity index (χ0v) is 15.3. The van der Waals surface area contributed by atoms with E-state index in [1.54, 1.807) is 0 Å². The highest BCUT2D eigenvalue weighted by Gasteiger charge is 2.39. The van der Waals surface area contributed by atoms with Gasteiger partial charge in [-0.3, -0.25) is 0 Å². The van der Waals surface area contributed by atoms with Crippen LogP contribution in [0.4, 0.5) is 0 Å². The summed E-state index contributed by atoms with van der Waals surface area (Å²) in [4.78, 5) is 0. The lowest BCUT2D eigenvalue weighted by molar-refractivity contribution is 0.363. The van der Waals surface area contributed by atoms with Gasteiger partial charge in [0.25, 0.3) is 0 Å². The summed E-state index contributed by atoms with van der Waals surface area (Å²) in [5.74, 6) is -5.08. The third-order valence-corrected chi connectivity index (χ3v) is 4.70. The maximum absolute atomic E-state index is 9.97. The van der Waals surface area contributed by atoms with Crippen molar-refractivity contribution < 1.29 is 30.6 Å². The summed E-state index contributed by atoms with van der Waals surface area (Å²) in [5.41, 5.74) is 0.525. The van der Waals surface area contributed by atoms with E-state index in [2.05, 4.69) is 0 Å². The number of phenols is 6. The number of alkyl halides is 3. The highest BCUT2D eigenvalue weighted by atomic mass is 35.6. The van der Waals surface area contributed by atoms with Crippen LogP contribution in [0.2, 0.25) is 0 Å². The SMILES string of the molecule is Cc1c(C(c2cc(O)c(O)c(O)c2C)C(Cl)(Cl)Cl)cc(O)c(O)c1O. The maximum atomic E-state index is 9.97. The van der Waals surface area contributed by atoms with Gasteiger partial charge in [-0.25, -0.2) is 0 Å². The second-order valence-corrected chi connectivity index (χ2v) is 7.96. The Morgan fingerprint density at radius 2 is 1.00 bits per heavy atom. The average molecular weight is 410 g/mol. The third-order valence-electron chi connectivity index (χ3n) is 4.04. The Bertz CT molecular complexity index is 782. The molecule has 2 rings (SSSR count). The van der Waals surface area contributed by atoms with E-state index in [4.69, 9.17) is 34.8 Å². The second kappa shape index (κ2) is 6.44. The summed E-state index contributed by atoms with van der Waals surface area (Å²) < 4.78 is -2.03. The van der Waals surface area contributed by atoms with Crippen molar-refractivity contribution in [2.24, 2.45) is 0 Å². The summed E-state index contributed by atoms with van der Waals surface area (Å²) in [5, 5.41) is 58.8. The molecule has 9 heteroatoms. The minimum Gasteiger partial charge on any atom is -0.504 e. The van der Waals surface area contributed by atoms with Crippen LogP contribution in [0, 0.1) is 13.8 Å². The van der Waals surface area contributed by atoms with Gasteiger partial charge >= 0.3 is 0 Å². The Balaban J connectivity index is 2.87. The maximum Gasteiger partial charge on any atom is 0.201 e. The van der Waals surface area contributed by atoms with Crippen LogP contribution in [0.3, 0.4) is 0 Å². The number of hydrogen-bond donors (Lipinski definition) is 6. The fourth-order valence-corrected chi connectivity index (χ4v) is 3.34. The molecule has 0 aliphatic carbocycles. The molecule has 0 atom stereocenters. The number of hydrogen-bond acceptors (Lipinski definition) is 6. The Labute approximate surface area is 158 Å². The molecule has 0 radical (unpaired) electrons. The van der Waals surface area contributed by atoms with E-state index in [9.17, 15) is 30.6 Å². The highest BCUT2D eigenvalue weighted by molar-refractivity contribution is 6.68. The fourth-order valence-electron chi connectivity index (χ4n) is 2.64. The monoisotopic (exact) mass is 408 g/mol. The molecule has 2 aromatic carbocycles. The summed E-state index contributed by atoms with van der Waals surface area (Å²) >= 11 is 18.2. The highest BCUT2D eigenvalue weighted by Crippen LogP contribution is 2.53. The van der Waals surface area contributed by atoms with Crippen LogP contribution in [0.25, 0.3) is 0 Å². The fraction of sp³-hybridized carbons (Fsp3) is 0.250. The molecule has 0 aliphatic heterocycles. The van der Waals surface area contributed by atoms with Gasteiger partial charge in [0, 0.05) is 0 Å². The van der Waals surface area contributed by atoms with Gasteiger partial charge in [-0.1, -0.05) is 34.8 Å². The van der Waals surface area contributed by atoms with Crippen LogP contribution < -0.4 is 0 Å². The summed E-state index contributed by atoms with van der Waals surface area (Å²) in [6.45, 7) is 2.87. The smallest absolute Gasteiger partial charge is 0.201 e. The molecule has 6 N–H and O–H groups in total. The number of rotatable bonds is 2. The van der Waals surface area contributed by atoms with E-state index in [1.807, 2.05) is 0 Å². The lowest BCUT2D eigenvalue weighted by Crippen LogP contribution is -2.20. The van der Waals surface area contributed by atoms with Gasteiger partial charge in [0.15, 0.2) is 23.0 Å². The van der Waals surface area contributed by atoms with E-state index < -0.39 is 44.2 Å². The largest absolute Gasteiger partial charge is 0.504 e. The summed E-state index contributed by atoms with van der Waals surface area (Å²) in [6, 6.07) is 2.22. The summed E-state index contributed by atoms with van der Waals surface area (Å²) in [6.07, 6.45) is 0. The van der Waals surface area contributed by atoms with Crippen LogP contribution in [0.5, 0.6) is 34.5 Å². The van der Waals surface area contributed by atoms with Gasteiger partial charge in [0.05, 0.1) is 5.92 Å². The number of halogens is 3. The normalized spacial score (nSPS) is 11.9. The summed E-state index contributed by atoms with van der Waals surface area (Å²) in [7, 11) is 0. The molecule has 0 saturated carbocycles. The first-order chi connectivity index (χ1) is 11.4. The molecule has 0 fully saturated rings. The quantitative estimate of drug-likeness (QED) is 0.329. The molecule has 136 valence electrons. The molecule has 0 unspecified atom stereocenters. The molecule has 0 aromatic heterocycles. The first-order valence-corrected chi connectivity index (χ1v) is 8.06. The van der Waals surface area contributed by atoms with Crippen molar-refractivity contribution in [2.45, 2.75) is 23.6 Å². The molecule has 0 heterocycles. The van der Waals surface area contributed by atoms with Crippen LogP contribution in [-0.4, -0.2) is 34.4 Å². The Hall–Kier alpha value is -1.89. The molecule has 25 heavy (non-hydrogen) atoms. The molecule has 0 spiro atoms. The van der Waals surface area contributed by atoms with Gasteiger partial charge in [-0.15, -0.1) is 0 Å². The van der Waals surface area contributed by atoms with E-state index in [-0.39, 0.29) is 22.3 Å². The van der Waals surface area contributed by atoms with Crippen LogP contribution in [-0.2, 0) is 0 Å². The first-order valence-electron chi connectivity index (χ1n) is 6.93. The first kappa shape index (κ1) is 19.4. The van der Waals surface area contributed by atoms with E-state index >= 15 is 0 Å². The Morgan fingerprint density at radius 3 is 1.28 bits per heavy atom. The van der Waals surface area contributed by atoms with Crippen molar-refractivity contribution in [2.75, 3.05) is 0 Å².